The number of imide groups is 1. The Morgan fingerprint density at radius 1 is 0.797 bits per heavy atom. The third-order valence-corrected chi connectivity index (χ3v) is 17.3. The van der Waals surface area contributed by atoms with Gasteiger partial charge in [-0.3, -0.25) is 19.9 Å². The molecule has 12 rings (SSSR count). The van der Waals surface area contributed by atoms with Crippen LogP contribution < -0.4 is 25.2 Å². The van der Waals surface area contributed by atoms with E-state index in [1.54, 1.807) is 18.3 Å². The van der Waals surface area contributed by atoms with Gasteiger partial charge in [0, 0.05) is 98.8 Å². The molecule has 3 aromatic carbocycles. The number of carbonyl (C=O) groups is 2. The zero-order valence-corrected chi connectivity index (χ0v) is 42.0. The van der Waals surface area contributed by atoms with Gasteiger partial charge in [0.1, 0.15) is 40.2 Å². The lowest BCUT2D eigenvalue weighted by molar-refractivity contribution is -0.134. The molecule has 0 radical (unpaired) electrons. The van der Waals surface area contributed by atoms with E-state index in [9.17, 15) is 14.7 Å². The van der Waals surface area contributed by atoms with Crippen molar-refractivity contribution in [2.45, 2.75) is 127 Å². The molecular weight excluding hydrogens is 955 g/mol. The average Bonchev–Trinajstić information content (AvgIpc) is 4.08. The number of aromatic hydroxyl groups is 1. The number of anilines is 2. The first-order valence-corrected chi connectivity index (χ1v) is 27.0. The van der Waals surface area contributed by atoms with Crippen molar-refractivity contribution in [2.75, 3.05) is 75.3 Å². The monoisotopic (exact) mass is 1020 g/mol. The van der Waals surface area contributed by atoms with Gasteiger partial charge in [-0.2, -0.15) is 9.97 Å². The summed E-state index contributed by atoms with van der Waals surface area (Å²) in [7, 11) is 0. The maximum atomic E-state index is 17.2. The van der Waals surface area contributed by atoms with Crippen LogP contribution >= 0.6 is 0 Å². The van der Waals surface area contributed by atoms with E-state index in [0.717, 1.165) is 110 Å². The molecule has 7 fully saturated rings. The fourth-order valence-corrected chi connectivity index (χ4v) is 13.1. The number of halogens is 4. The molecule has 2 aromatic heterocycles. The number of amides is 2. The van der Waals surface area contributed by atoms with Crippen molar-refractivity contribution < 1.29 is 41.7 Å². The van der Waals surface area contributed by atoms with Crippen molar-refractivity contribution >= 4 is 45.0 Å². The Bertz CT molecular complexity index is 2940. The first-order valence-electron chi connectivity index (χ1n) is 27.0. The molecule has 1 aliphatic carbocycles. The van der Waals surface area contributed by atoms with E-state index in [2.05, 4.69) is 30.3 Å². The number of rotatable bonds is 13. The number of hydrogen-bond donors (Lipinski definition) is 3. The van der Waals surface area contributed by atoms with E-state index in [1.165, 1.54) is 24.3 Å². The summed E-state index contributed by atoms with van der Waals surface area (Å²) in [5.41, 5.74) is 0.946. The molecule has 3 unspecified atom stereocenters. The van der Waals surface area contributed by atoms with E-state index in [1.807, 2.05) is 11.8 Å². The maximum Gasteiger partial charge on any atom is 0.319 e. The maximum absolute atomic E-state index is 17.2. The van der Waals surface area contributed by atoms with E-state index < -0.39 is 41.0 Å². The van der Waals surface area contributed by atoms with Crippen molar-refractivity contribution in [1.29, 1.82) is 0 Å². The average molecular weight is 1020 g/mol. The zero-order valence-electron chi connectivity index (χ0n) is 42.0. The Balaban J connectivity index is 0.649. The van der Waals surface area contributed by atoms with Crippen LogP contribution in [0.3, 0.4) is 0 Å². The van der Waals surface area contributed by atoms with Crippen LogP contribution in [0.25, 0.3) is 32.9 Å². The lowest BCUT2D eigenvalue weighted by Crippen LogP contribution is -2.51. The molecule has 8 heterocycles. The number of pyridine rings is 1. The molecule has 6 aliphatic heterocycles. The molecule has 18 heteroatoms. The molecule has 74 heavy (non-hydrogen) atoms. The van der Waals surface area contributed by atoms with Gasteiger partial charge in [-0.25, -0.2) is 17.6 Å². The highest BCUT2D eigenvalue weighted by atomic mass is 19.1. The molecule has 6 saturated heterocycles. The predicted molar refractivity (Wildman–Crippen MR) is 272 cm³/mol. The molecule has 2 amide bonds. The number of phenols is 1. The van der Waals surface area contributed by atoms with Crippen LogP contribution in [-0.4, -0.2) is 138 Å². The van der Waals surface area contributed by atoms with E-state index in [0.29, 0.717) is 83.0 Å². The number of fused-ring (bicyclic) bond motifs is 4. The summed E-state index contributed by atoms with van der Waals surface area (Å²) < 4.78 is 76.1. The van der Waals surface area contributed by atoms with Crippen LogP contribution in [0, 0.1) is 28.7 Å². The van der Waals surface area contributed by atoms with Crippen LogP contribution in [-0.2, 0) is 20.7 Å². The topological polar surface area (TPSA) is 149 Å². The highest BCUT2D eigenvalue weighted by Crippen LogP contribution is 2.47. The number of likely N-dealkylation sites (tertiary alicyclic amines) is 2. The molecule has 3 N–H and O–H groups in total. The molecule has 14 nitrogen and oxygen atoms in total. The molecule has 7 aliphatic rings. The number of aryl methyl sites for hydroxylation is 1. The van der Waals surface area contributed by atoms with Crippen molar-refractivity contribution in [3.8, 4) is 23.0 Å². The summed E-state index contributed by atoms with van der Waals surface area (Å²) in [6.07, 6.45) is 12.2. The summed E-state index contributed by atoms with van der Waals surface area (Å²) >= 11 is 0. The zero-order chi connectivity index (χ0) is 50.8. The lowest BCUT2D eigenvalue weighted by atomic mass is 9.89. The minimum Gasteiger partial charge on any atom is -0.508 e. The molecule has 392 valence electrons. The second-order valence-electron chi connectivity index (χ2n) is 22.2. The van der Waals surface area contributed by atoms with E-state index in [-0.39, 0.29) is 59.0 Å². The second-order valence-corrected chi connectivity index (χ2v) is 22.2. The minimum absolute atomic E-state index is 0.0154. The molecule has 0 spiro atoms. The Hall–Kier alpha value is -5.69. The first kappa shape index (κ1) is 49.2. The van der Waals surface area contributed by atoms with Gasteiger partial charge >= 0.3 is 6.01 Å². The van der Waals surface area contributed by atoms with Gasteiger partial charge in [0.05, 0.1) is 30.1 Å². The summed E-state index contributed by atoms with van der Waals surface area (Å²) in [6, 6.07) is 9.86. The number of phenolic OH excluding ortho intramolecular Hbond substituents is 1. The van der Waals surface area contributed by atoms with Gasteiger partial charge in [-0.15, -0.1) is 0 Å². The Morgan fingerprint density at radius 2 is 1.50 bits per heavy atom. The van der Waals surface area contributed by atoms with E-state index >= 15 is 17.6 Å². The number of ether oxygens (including phenoxy) is 2. The fraction of sp³-hybridized carbons (Fsp3) is 0.554. The number of piperazine rings is 1. The smallest absolute Gasteiger partial charge is 0.319 e. The highest BCUT2D eigenvalue weighted by molar-refractivity contribution is 6.02. The Morgan fingerprint density at radius 3 is 2.18 bits per heavy atom. The quantitative estimate of drug-likeness (QED) is 0.0776. The standard InChI is InChI=1S/C56H65F4N9O5/c1-2-40-44(57)7-3-32-23-37(70)26-42(48(32)40)51-50(60)52-43(27-61-51)53(69-28-33-4-5-34(29-69)62-33)65-55(64-52)73-31-56(15-16-56)30-66-17-9-35(10-18-66)67-19-11-38(12-20-67)74-39-13-21-68(22-14-39)36-24-45(58)49(46(59)25-36)41-6-8-47(71)63-54(41)72/h3,7,23-27,33-35,38-39,41,62,70H,2,4-6,8-22,28-31H2,1H3,(H,63,71,72). The number of benzene rings is 3. The van der Waals surface area contributed by atoms with Crippen LogP contribution in [0.4, 0.5) is 29.1 Å². The van der Waals surface area contributed by atoms with Gasteiger partial charge in [0.15, 0.2) is 5.82 Å². The summed E-state index contributed by atoms with van der Waals surface area (Å²) in [5.74, 6) is -4.15. The predicted octanol–water partition coefficient (Wildman–Crippen LogP) is 7.90. The molecule has 3 atom stereocenters. The SMILES string of the molecule is CCc1c(F)ccc2cc(O)cc(-c3ncc4c(N5CC6CCC(C5)N6)nc(OCC5(CN6CCC(N7CCC(OC8CCN(c9cc(F)c(C%10CCC(=O)NC%10=O)c(F)c9)CC8)CC7)CC6)CC5)nc4c3F)c12. The van der Waals surface area contributed by atoms with E-state index in [4.69, 9.17) is 19.4 Å². The van der Waals surface area contributed by atoms with Crippen LogP contribution in [0.1, 0.15) is 101 Å². The normalized spacial score (nSPS) is 24.3. The number of aromatic nitrogens is 3. The van der Waals surface area contributed by atoms with Gasteiger partial charge in [-0.1, -0.05) is 13.0 Å². The number of piperidine rings is 4. The van der Waals surface area contributed by atoms with Crippen LogP contribution in [0.5, 0.6) is 11.8 Å². The number of nitrogens with one attached hydrogen (secondary N) is 2. The van der Waals surface area contributed by atoms with Gasteiger partial charge in [-0.05, 0) is 137 Å². The van der Waals surface area contributed by atoms with Crippen molar-refractivity contribution in [3.05, 3.63) is 77.0 Å². The van der Waals surface area contributed by atoms with Crippen molar-refractivity contribution in [3.63, 3.8) is 0 Å². The summed E-state index contributed by atoms with van der Waals surface area (Å²) in [5, 5.41) is 18.2. The van der Waals surface area contributed by atoms with Crippen LogP contribution in [0.15, 0.2) is 42.6 Å². The molecule has 2 bridgehead atoms. The number of hydrogen-bond acceptors (Lipinski definition) is 13. The van der Waals surface area contributed by atoms with Crippen LogP contribution in [0.2, 0.25) is 0 Å². The number of carbonyl (C=O) groups excluding carboxylic acids is 2. The highest BCUT2D eigenvalue weighted by Gasteiger charge is 2.46. The van der Waals surface area contributed by atoms with Gasteiger partial charge in [0.2, 0.25) is 11.8 Å². The third kappa shape index (κ3) is 9.75. The second kappa shape index (κ2) is 20.1. The van der Waals surface area contributed by atoms with Crippen molar-refractivity contribution in [1.82, 2.24) is 35.4 Å². The summed E-state index contributed by atoms with van der Waals surface area (Å²) in [6.45, 7) is 9.86. The molecule has 5 aromatic rings. The Kier molecular flexibility index (Phi) is 13.4. The van der Waals surface area contributed by atoms with Gasteiger partial charge in [0.25, 0.3) is 0 Å². The third-order valence-electron chi connectivity index (χ3n) is 17.3. The van der Waals surface area contributed by atoms with Crippen molar-refractivity contribution in [2.24, 2.45) is 5.41 Å². The minimum atomic E-state index is -1.02. The summed E-state index contributed by atoms with van der Waals surface area (Å²) in [4.78, 5) is 47.7. The lowest BCUT2D eigenvalue weighted by Gasteiger charge is -2.43. The molecular formula is C56H65F4N9O5. The fourth-order valence-electron chi connectivity index (χ4n) is 13.1. The first-order chi connectivity index (χ1) is 35.9. The Labute approximate surface area is 428 Å². The number of nitrogens with zero attached hydrogens (tertiary/aromatic N) is 7. The largest absolute Gasteiger partial charge is 0.508 e. The molecule has 1 saturated carbocycles. The van der Waals surface area contributed by atoms with Gasteiger partial charge < -0.3 is 39.5 Å².